The van der Waals surface area contributed by atoms with Crippen LogP contribution < -0.4 is 0 Å². The molecular formula is C14H18FN3O. The third kappa shape index (κ3) is 2.61. The van der Waals surface area contributed by atoms with Crippen molar-refractivity contribution in [2.24, 2.45) is 0 Å². The summed E-state index contributed by atoms with van der Waals surface area (Å²) in [5, 5.41) is 0. The van der Waals surface area contributed by atoms with Gasteiger partial charge in [0.15, 0.2) is 0 Å². The van der Waals surface area contributed by atoms with Crippen molar-refractivity contribution in [3.8, 4) is 0 Å². The summed E-state index contributed by atoms with van der Waals surface area (Å²) in [5.41, 5.74) is 0.479. The molecule has 1 unspecified atom stereocenters. The van der Waals surface area contributed by atoms with E-state index in [1.807, 2.05) is 4.90 Å². The van der Waals surface area contributed by atoms with Gasteiger partial charge >= 0.3 is 0 Å². The van der Waals surface area contributed by atoms with E-state index in [-0.39, 0.29) is 5.91 Å². The lowest BCUT2D eigenvalue weighted by atomic mass is 10.2. The standard InChI is InChI=1S/C14H18FN3O/c15-13-5-4-11(9-16-13)14(19)18-8-2-7-17-6-1-3-12(17)10-18/h4-5,9,12H,1-3,6-8,10H2. The van der Waals surface area contributed by atoms with Gasteiger partial charge in [-0.25, -0.2) is 4.98 Å². The highest BCUT2D eigenvalue weighted by Crippen LogP contribution is 2.22. The molecule has 2 aliphatic rings. The summed E-state index contributed by atoms with van der Waals surface area (Å²) in [4.78, 5) is 20.3. The molecule has 0 saturated carbocycles. The maximum atomic E-state index is 12.8. The zero-order valence-corrected chi connectivity index (χ0v) is 10.9. The Morgan fingerprint density at radius 1 is 1.26 bits per heavy atom. The third-order valence-corrected chi connectivity index (χ3v) is 4.07. The number of hydrogen-bond acceptors (Lipinski definition) is 3. The molecule has 2 saturated heterocycles. The van der Waals surface area contributed by atoms with E-state index >= 15 is 0 Å². The number of carbonyl (C=O) groups excluding carboxylic acids is 1. The van der Waals surface area contributed by atoms with Crippen LogP contribution in [0.3, 0.4) is 0 Å². The van der Waals surface area contributed by atoms with Gasteiger partial charge in [-0.15, -0.1) is 0 Å². The fourth-order valence-electron chi connectivity index (χ4n) is 3.08. The molecule has 0 bridgehead atoms. The van der Waals surface area contributed by atoms with Crippen LogP contribution in [0.2, 0.25) is 0 Å². The number of carbonyl (C=O) groups is 1. The Morgan fingerprint density at radius 2 is 2.11 bits per heavy atom. The number of aromatic nitrogens is 1. The van der Waals surface area contributed by atoms with Crippen LogP contribution in [0.1, 0.15) is 29.6 Å². The van der Waals surface area contributed by atoms with Crippen molar-refractivity contribution >= 4 is 5.91 Å². The summed E-state index contributed by atoms with van der Waals surface area (Å²) in [7, 11) is 0. The number of pyridine rings is 1. The zero-order valence-electron chi connectivity index (χ0n) is 10.9. The molecule has 3 rings (SSSR count). The van der Waals surface area contributed by atoms with Crippen molar-refractivity contribution in [2.75, 3.05) is 26.2 Å². The number of rotatable bonds is 1. The first-order valence-electron chi connectivity index (χ1n) is 6.89. The molecule has 0 spiro atoms. The van der Waals surface area contributed by atoms with Gasteiger partial charge in [-0.3, -0.25) is 9.69 Å². The quantitative estimate of drug-likeness (QED) is 0.721. The van der Waals surface area contributed by atoms with Gasteiger partial charge < -0.3 is 4.90 Å². The topological polar surface area (TPSA) is 36.4 Å². The van der Waals surface area contributed by atoms with E-state index in [4.69, 9.17) is 0 Å². The monoisotopic (exact) mass is 263 g/mol. The normalized spacial score (nSPS) is 24.1. The molecule has 2 fully saturated rings. The SMILES string of the molecule is O=C(c1ccc(F)nc1)N1CCCN2CCCC2C1. The molecule has 1 amide bonds. The average molecular weight is 263 g/mol. The summed E-state index contributed by atoms with van der Waals surface area (Å²) < 4.78 is 12.8. The largest absolute Gasteiger partial charge is 0.337 e. The molecule has 3 heterocycles. The maximum absolute atomic E-state index is 12.8. The zero-order chi connectivity index (χ0) is 13.2. The molecule has 5 heteroatoms. The van der Waals surface area contributed by atoms with Crippen LogP contribution in [-0.2, 0) is 0 Å². The molecule has 0 radical (unpaired) electrons. The fraction of sp³-hybridized carbons (Fsp3) is 0.571. The Kier molecular flexibility index (Phi) is 3.46. The minimum atomic E-state index is -0.547. The van der Waals surface area contributed by atoms with Gasteiger partial charge in [0.05, 0.1) is 5.56 Å². The van der Waals surface area contributed by atoms with Crippen molar-refractivity contribution in [3.05, 3.63) is 29.8 Å². The molecule has 1 aromatic heterocycles. The Morgan fingerprint density at radius 3 is 2.89 bits per heavy atom. The Bertz CT molecular complexity index is 462. The van der Waals surface area contributed by atoms with Crippen molar-refractivity contribution in [1.82, 2.24) is 14.8 Å². The second-order valence-corrected chi connectivity index (χ2v) is 5.31. The van der Waals surface area contributed by atoms with Crippen LogP contribution in [0.5, 0.6) is 0 Å². The van der Waals surface area contributed by atoms with Crippen LogP contribution in [0.15, 0.2) is 18.3 Å². The second-order valence-electron chi connectivity index (χ2n) is 5.31. The molecule has 1 atom stereocenters. The maximum Gasteiger partial charge on any atom is 0.255 e. The first-order valence-corrected chi connectivity index (χ1v) is 6.89. The highest BCUT2D eigenvalue weighted by atomic mass is 19.1. The summed E-state index contributed by atoms with van der Waals surface area (Å²) in [6.45, 7) is 3.81. The van der Waals surface area contributed by atoms with Crippen LogP contribution in [0.4, 0.5) is 4.39 Å². The average Bonchev–Trinajstić information content (AvgIpc) is 2.76. The summed E-state index contributed by atoms with van der Waals surface area (Å²) >= 11 is 0. The highest BCUT2D eigenvalue weighted by molar-refractivity contribution is 5.93. The Balaban J connectivity index is 1.73. The predicted octanol–water partition coefficient (Wildman–Crippen LogP) is 1.53. The first kappa shape index (κ1) is 12.5. The predicted molar refractivity (Wildman–Crippen MR) is 69.3 cm³/mol. The van der Waals surface area contributed by atoms with E-state index in [1.54, 1.807) is 0 Å². The van der Waals surface area contributed by atoms with Crippen LogP contribution >= 0.6 is 0 Å². The molecule has 0 aliphatic carbocycles. The summed E-state index contributed by atoms with van der Waals surface area (Å²) in [6.07, 6.45) is 4.74. The lowest BCUT2D eigenvalue weighted by molar-refractivity contribution is 0.0743. The number of fused-ring (bicyclic) bond motifs is 1. The van der Waals surface area contributed by atoms with Gasteiger partial charge in [-0.1, -0.05) is 0 Å². The lowest BCUT2D eigenvalue weighted by Crippen LogP contribution is -2.39. The van der Waals surface area contributed by atoms with Crippen molar-refractivity contribution in [3.63, 3.8) is 0 Å². The van der Waals surface area contributed by atoms with E-state index in [2.05, 4.69) is 9.88 Å². The van der Waals surface area contributed by atoms with Gasteiger partial charge in [-0.05, 0) is 37.9 Å². The Hall–Kier alpha value is -1.49. The molecule has 19 heavy (non-hydrogen) atoms. The van der Waals surface area contributed by atoms with Crippen molar-refractivity contribution < 1.29 is 9.18 Å². The van der Waals surface area contributed by atoms with Crippen molar-refractivity contribution in [2.45, 2.75) is 25.3 Å². The van der Waals surface area contributed by atoms with Crippen LogP contribution in [0, 0.1) is 5.95 Å². The molecule has 0 N–H and O–H groups in total. The van der Waals surface area contributed by atoms with Gasteiger partial charge in [-0.2, -0.15) is 4.39 Å². The molecule has 2 aliphatic heterocycles. The van der Waals surface area contributed by atoms with Gasteiger partial charge in [0, 0.05) is 31.9 Å². The number of amides is 1. The minimum absolute atomic E-state index is 0.0266. The molecular weight excluding hydrogens is 245 g/mol. The molecule has 1 aromatic rings. The molecule has 0 aromatic carbocycles. The van der Waals surface area contributed by atoms with Gasteiger partial charge in [0.2, 0.25) is 5.95 Å². The second kappa shape index (κ2) is 5.25. The van der Waals surface area contributed by atoms with E-state index in [9.17, 15) is 9.18 Å². The molecule has 102 valence electrons. The first-order chi connectivity index (χ1) is 9.24. The van der Waals surface area contributed by atoms with E-state index < -0.39 is 5.95 Å². The van der Waals surface area contributed by atoms with E-state index in [0.717, 1.165) is 32.6 Å². The Labute approximate surface area is 112 Å². The third-order valence-electron chi connectivity index (χ3n) is 4.07. The number of halogens is 1. The van der Waals surface area contributed by atoms with Gasteiger partial charge in [0.25, 0.3) is 5.91 Å². The minimum Gasteiger partial charge on any atom is -0.337 e. The van der Waals surface area contributed by atoms with E-state index in [1.165, 1.54) is 31.2 Å². The van der Waals surface area contributed by atoms with Gasteiger partial charge in [0.1, 0.15) is 0 Å². The van der Waals surface area contributed by atoms with E-state index in [0.29, 0.717) is 11.6 Å². The number of hydrogen-bond donors (Lipinski definition) is 0. The van der Waals surface area contributed by atoms with Crippen LogP contribution in [-0.4, -0.2) is 52.9 Å². The highest BCUT2D eigenvalue weighted by Gasteiger charge is 2.30. The lowest BCUT2D eigenvalue weighted by Gasteiger charge is -2.25. The van der Waals surface area contributed by atoms with Crippen molar-refractivity contribution in [1.29, 1.82) is 0 Å². The smallest absolute Gasteiger partial charge is 0.255 e. The summed E-state index contributed by atoms with van der Waals surface area (Å²) in [6, 6.07) is 3.26. The number of nitrogens with zero attached hydrogens (tertiary/aromatic N) is 3. The molecule has 4 nitrogen and oxygen atoms in total. The summed E-state index contributed by atoms with van der Waals surface area (Å²) in [5.74, 6) is -0.573. The fourth-order valence-corrected chi connectivity index (χ4v) is 3.08. The van der Waals surface area contributed by atoms with Crippen LogP contribution in [0.25, 0.3) is 0 Å².